The lowest BCUT2D eigenvalue weighted by Gasteiger charge is -2.26. The van der Waals surface area contributed by atoms with Crippen LogP contribution in [0.5, 0.6) is 5.75 Å². The Morgan fingerprint density at radius 2 is 2.00 bits per heavy atom. The van der Waals surface area contributed by atoms with Crippen molar-refractivity contribution in [3.63, 3.8) is 0 Å². The van der Waals surface area contributed by atoms with E-state index in [2.05, 4.69) is 4.99 Å². The predicted octanol–water partition coefficient (Wildman–Crippen LogP) is 5.41. The third-order valence-corrected chi connectivity index (χ3v) is 7.73. The number of nitro groups is 1. The first-order valence-corrected chi connectivity index (χ1v) is 14.3. The van der Waals surface area contributed by atoms with Crippen LogP contribution in [0.2, 0.25) is 5.02 Å². The Labute approximate surface area is 248 Å². The van der Waals surface area contributed by atoms with Gasteiger partial charge in [0, 0.05) is 29.3 Å². The van der Waals surface area contributed by atoms with Crippen LogP contribution in [-0.4, -0.2) is 28.2 Å². The normalized spacial score (nSPS) is 15.0. The van der Waals surface area contributed by atoms with Crippen LogP contribution in [0.3, 0.4) is 0 Å². The van der Waals surface area contributed by atoms with E-state index >= 15 is 0 Å². The van der Waals surface area contributed by atoms with E-state index in [1.807, 2.05) is 32.0 Å². The van der Waals surface area contributed by atoms with Crippen molar-refractivity contribution in [1.29, 1.82) is 0 Å². The quantitative estimate of drug-likeness (QED) is 0.149. The van der Waals surface area contributed by atoms with Gasteiger partial charge >= 0.3 is 5.97 Å². The zero-order chi connectivity index (χ0) is 30.1. The number of thiazole rings is 1. The smallest absolute Gasteiger partial charge is 0.338 e. The maximum atomic E-state index is 13.9. The second kappa shape index (κ2) is 11.8. The number of fused-ring (bicyclic) bond motifs is 1. The van der Waals surface area contributed by atoms with Gasteiger partial charge in [0.15, 0.2) is 4.80 Å². The molecule has 0 saturated heterocycles. The third kappa shape index (κ3) is 5.53. The zero-order valence-electron chi connectivity index (χ0n) is 23.1. The minimum atomic E-state index is -0.840. The molecule has 2 aromatic heterocycles. The number of furan rings is 1. The van der Waals surface area contributed by atoms with Crippen LogP contribution in [-0.2, 0) is 9.53 Å². The number of allylic oxidation sites excluding steroid dienone is 1. The van der Waals surface area contributed by atoms with E-state index in [1.165, 1.54) is 22.8 Å². The molecule has 216 valence electrons. The van der Waals surface area contributed by atoms with E-state index in [-0.39, 0.29) is 34.6 Å². The summed E-state index contributed by atoms with van der Waals surface area (Å²) >= 11 is 7.43. The Hall–Kier alpha value is -4.48. The highest BCUT2D eigenvalue weighted by molar-refractivity contribution is 7.07. The summed E-state index contributed by atoms with van der Waals surface area (Å²) < 4.78 is 19.1. The van der Waals surface area contributed by atoms with Gasteiger partial charge in [0.25, 0.3) is 11.2 Å². The number of nitro benzene ring substituents is 1. The number of nitrogens with zero attached hydrogens (tertiary/aromatic N) is 3. The van der Waals surface area contributed by atoms with E-state index in [9.17, 15) is 19.7 Å². The molecule has 12 heteroatoms. The van der Waals surface area contributed by atoms with E-state index in [0.29, 0.717) is 43.4 Å². The molecule has 0 spiro atoms. The molecule has 1 aliphatic heterocycles. The molecule has 0 bridgehead atoms. The highest BCUT2D eigenvalue weighted by Crippen LogP contribution is 2.36. The Morgan fingerprint density at radius 1 is 1.24 bits per heavy atom. The lowest BCUT2D eigenvalue weighted by Crippen LogP contribution is -2.40. The van der Waals surface area contributed by atoms with Crippen LogP contribution >= 0.6 is 22.9 Å². The Bertz CT molecular complexity index is 1920. The molecule has 0 amide bonds. The van der Waals surface area contributed by atoms with Crippen LogP contribution in [0.4, 0.5) is 5.69 Å². The largest absolute Gasteiger partial charge is 0.491 e. The van der Waals surface area contributed by atoms with Gasteiger partial charge in [0.2, 0.25) is 0 Å². The van der Waals surface area contributed by atoms with Crippen LogP contribution in [0, 0.1) is 10.1 Å². The van der Waals surface area contributed by atoms with Gasteiger partial charge in [0.05, 0.1) is 38.5 Å². The summed E-state index contributed by atoms with van der Waals surface area (Å²) in [5.74, 6) is 0.607. The van der Waals surface area contributed by atoms with Gasteiger partial charge < -0.3 is 13.9 Å². The molecular formula is C30H26ClN3O7S. The summed E-state index contributed by atoms with van der Waals surface area (Å²) in [7, 11) is 0. The molecule has 2 aromatic carbocycles. The first-order valence-electron chi connectivity index (χ1n) is 13.1. The lowest BCUT2D eigenvalue weighted by atomic mass is 9.95. The summed E-state index contributed by atoms with van der Waals surface area (Å²) in [6, 6.07) is 13.8. The summed E-state index contributed by atoms with van der Waals surface area (Å²) in [6.07, 6.45) is 1.42. The fourth-order valence-electron chi connectivity index (χ4n) is 4.67. The second-order valence-corrected chi connectivity index (χ2v) is 11.0. The van der Waals surface area contributed by atoms with E-state index < -0.39 is 16.9 Å². The van der Waals surface area contributed by atoms with Crippen LogP contribution < -0.4 is 19.6 Å². The van der Waals surface area contributed by atoms with Gasteiger partial charge in [-0.15, -0.1) is 0 Å². The number of halogens is 1. The van der Waals surface area contributed by atoms with Crippen LogP contribution in [0.1, 0.15) is 45.1 Å². The van der Waals surface area contributed by atoms with Crippen molar-refractivity contribution in [2.45, 2.75) is 39.8 Å². The number of carbonyl (C=O) groups is 1. The number of rotatable bonds is 8. The Balaban J connectivity index is 1.65. The highest BCUT2D eigenvalue weighted by Gasteiger charge is 2.35. The summed E-state index contributed by atoms with van der Waals surface area (Å²) in [5, 5.41) is 11.5. The SMILES string of the molecule is CCOC(=O)C1=C(C)N=c2s/c(=C/c3ccc(-c4cc([N+](=O)[O-])ccc4Cl)o3)c(=O)n2[C@@H]1c1ccccc1OC(C)C. The van der Waals surface area contributed by atoms with Crippen LogP contribution in [0.15, 0.2) is 80.1 Å². The maximum Gasteiger partial charge on any atom is 0.338 e. The molecular weight excluding hydrogens is 582 g/mol. The van der Waals surface area contributed by atoms with Gasteiger partial charge in [-0.1, -0.05) is 41.1 Å². The van der Waals surface area contributed by atoms with Gasteiger partial charge in [-0.05, 0) is 52.0 Å². The minimum absolute atomic E-state index is 0.129. The number of aromatic nitrogens is 1. The second-order valence-electron chi connectivity index (χ2n) is 9.63. The average molecular weight is 608 g/mol. The summed E-state index contributed by atoms with van der Waals surface area (Å²) in [5.41, 5.74) is 1.14. The topological polar surface area (TPSA) is 126 Å². The van der Waals surface area contributed by atoms with Gasteiger partial charge in [0.1, 0.15) is 23.3 Å². The van der Waals surface area contributed by atoms with Gasteiger partial charge in [-0.3, -0.25) is 19.5 Å². The number of esters is 1. The number of hydrogen-bond acceptors (Lipinski definition) is 9. The lowest BCUT2D eigenvalue weighted by molar-refractivity contribution is -0.384. The summed E-state index contributed by atoms with van der Waals surface area (Å²) in [4.78, 5) is 42.9. The maximum absolute atomic E-state index is 13.9. The monoisotopic (exact) mass is 607 g/mol. The standard InChI is InChI=1S/C30H26ClN3O7S/c1-5-39-29(36)26-17(4)32-30-33(27(26)20-8-6-7-9-23(20)40-16(2)3)28(35)25(42-30)15-19-11-13-24(41-19)21-14-18(34(37)38)10-12-22(21)31/h6-16,27H,5H2,1-4H3/b25-15+/t27-/m1/s1. The predicted molar refractivity (Wildman–Crippen MR) is 158 cm³/mol. The first-order chi connectivity index (χ1) is 20.1. The molecule has 1 atom stereocenters. The number of hydrogen-bond donors (Lipinski definition) is 0. The van der Waals surface area contributed by atoms with Crippen molar-refractivity contribution < 1.29 is 23.6 Å². The van der Waals surface area contributed by atoms with E-state index in [0.717, 1.165) is 11.3 Å². The van der Waals surface area contributed by atoms with Crippen molar-refractivity contribution in [1.82, 2.24) is 4.57 Å². The van der Waals surface area contributed by atoms with E-state index in [4.69, 9.17) is 25.5 Å². The molecule has 0 N–H and O–H groups in total. The number of non-ortho nitro benzene ring substituents is 1. The molecule has 0 fully saturated rings. The molecule has 0 radical (unpaired) electrons. The van der Waals surface area contributed by atoms with Crippen molar-refractivity contribution in [2.24, 2.45) is 4.99 Å². The molecule has 4 aromatic rings. The van der Waals surface area contributed by atoms with Crippen molar-refractivity contribution >= 4 is 40.7 Å². The number of para-hydroxylation sites is 1. The molecule has 0 unspecified atom stereocenters. The fraction of sp³-hybridized carbons (Fsp3) is 0.233. The van der Waals surface area contributed by atoms with Crippen LogP contribution in [0.25, 0.3) is 17.4 Å². The third-order valence-electron chi connectivity index (χ3n) is 6.42. The van der Waals surface area contributed by atoms with Crippen molar-refractivity contribution in [3.8, 4) is 17.1 Å². The molecule has 1 aliphatic rings. The number of carbonyl (C=O) groups excluding carboxylic acids is 1. The zero-order valence-corrected chi connectivity index (χ0v) is 24.7. The molecule has 0 aliphatic carbocycles. The van der Waals surface area contributed by atoms with E-state index in [1.54, 1.807) is 38.1 Å². The fourth-order valence-corrected chi connectivity index (χ4v) is 5.91. The molecule has 10 nitrogen and oxygen atoms in total. The Kier molecular flexibility index (Phi) is 8.15. The van der Waals surface area contributed by atoms with Gasteiger partial charge in [-0.25, -0.2) is 9.79 Å². The number of ether oxygens (including phenoxy) is 2. The molecule has 42 heavy (non-hydrogen) atoms. The first kappa shape index (κ1) is 29.0. The Morgan fingerprint density at radius 3 is 2.71 bits per heavy atom. The molecule has 3 heterocycles. The minimum Gasteiger partial charge on any atom is -0.491 e. The summed E-state index contributed by atoms with van der Waals surface area (Å²) in [6.45, 7) is 7.38. The van der Waals surface area contributed by atoms with Crippen molar-refractivity contribution in [3.05, 3.63) is 112 Å². The number of benzene rings is 2. The van der Waals surface area contributed by atoms with Gasteiger partial charge in [-0.2, -0.15) is 0 Å². The average Bonchev–Trinajstić information content (AvgIpc) is 3.52. The highest BCUT2D eigenvalue weighted by atomic mass is 35.5. The molecule has 5 rings (SSSR count). The van der Waals surface area contributed by atoms with Crippen molar-refractivity contribution in [2.75, 3.05) is 6.61 Å². The molecule has 0 saturated carbocycles.